The summed E-state index contributed by atoms with van der Waals surface area (Å²) in [7, 11) is 0. The molecule has 38 heavy (non-hydrogen) atoms. The van der Waals surface area contributed by atoms with E-state index < -0.39 is 53.9 Å². The molecule has 0 aromatic carbocycles. The molecule has 5 fully saturated rings. The smallest absolute Gasteiger partial charge is 0.350 e. The van der Waals surface area contributed by atoms with Crippen LogP contribution < -0.4 is 5.32 Å². The number of halogens is 3. The van der Waals surface area contributed by atoms with Gasteiger partial charge in [0.25, 0.3) is 5.91 Å². The Labute approximate surface area is 218 Å². The van der Waals surface area contributed by atoms with Crippen LogP contribution >= 0.6 is 0 Å². The molecule has 1 unspecified atom stereocenters. The summed E-state index contributed by atoms with van der Waals surface area (Å²) >= 11 is 0. The maximum Gasteiger partial charge on any atom is 0.521 e. The van der Waals surface area contributed by atoms with Gasteiger partial charge in [-0.25, -0.2) is 9.59 Å². The molecule has 2 saturated heterocycles. The van der Waals surface area contributed by atoms with E-state index in [-0.39, 0.29) is 46.2 Å². The fraction of sp³-hybridized carbons (Fsp3) is 0.731. The first-order valence-corrected chi connectivity index (χ1v) is 13.0. The first kappa shape index (κ1) is 26.5. The fourth-order valence-electron chi connectivity index (χ4n) is 6.75. The number of carbonyl (C=O) groups excluding carboxylic acids is 4. The maximum absolute atomic E-state index is 13.8. The normalized spacial score (nSPS) is 31.6. The molecule has 6 atom stereocenters. The second-order valence-electron chi connectivity index (χ2n) is 12.3. The third kappa shape index (κ3) is 4.24. The largest absolute Gasteiger partial charge is 0.521 e. The molecule has 5 rings (SSSR count). The summed E-state index contributed by atoms with van der Waals surface area (Å²) in [6, 6.07) is -1.40. The zero-order valence-electron chi connectivity index (χ0n) is 21.5. The summed E-state index contributed by atoms with van der Waals surface area (Å²) in [6.45, 7) is 11.2. The van der Waals surface area contributed by atoms with E-state index in [1.807, 2.05) is 13.8 Å². The Hall–Kier alpha value is -3.10. The van der Waals surface area contributed by atoms with E-state index in [2.05, 4.69) is 24.8 Å². The average Bonchev–Trinajstić information content (AvgIpc) is 3.79. The molecule has 0 bridgehead atoms. The second-order valence-corrected chi connectivity index (χ2v) is 12.3. The number of carbonyl (C=O) groups is 4. The molecule has 3 aliphatic carbocycles. The molecule has 9 nitrogen and oxygen atoms in total. The summed E-state index contributed by atoms with van der Waals surface area (Å²) in [6.07, 6.45) is -1.77. The maximum atomic E-state index is 13.8. The Bertz CT molecular complexity index is 1200. The van der Waals surface area contributed by atoms with E-state index in [1.165, 1.54) is 4.90 Å². The molecule has 1 spiro atoms. The van der Waals surface area contributed by atoms with Crippen LogP contribution in [0.25, 0.3) is 0 Å². The lowest BCUT2D eigenvalue weighted by Gasteiger charge is -2.30. The van der Waals surface area contributed by atoms with Crippen molar-refractivity contribution in [2.45, 2.75) is 82.2 Å². The number of nitriles is 1. The summed E-state index contributed by atoms with van der Waals surface area (Å²) < 4.78 is 40.7. The number of alkyl halides is 3. The van der Waals surface area contributed by atoms with Crippen LogP contribution in [0.2, 0.25) is 0 Å². The van der Waals surface area contributed by atoms with Crippen LogP contribution in [0.5, 0.6) is 0 Å². The van der Waals surface area contributed by atoms with Gasteiger partial charge in [-0.05, 0) is 43.4 Å². The van der Waals surface area contributed by atoms with E-state index in [4.69, 9.17) is 0 Å². The highest BCUT2D eigenvalue weighted by molar-refractivity contribution is 5.90. The van der Waals surface area contributed by atoms with Crippen molar-refractivity contribution in [3.63, 3.8) is 0 Å². The van der Waals surface area contributed by atoms with Crippen LogP contribution in [0, 0.1) is 40.4 Å². The highest BCUT2D eigenvalue weighted by Gasteiger charge is 2.72. The van der Waals surface area contributed by atoms with Crippen molar-refractivity contribution in [2.24, 2.45) is 29.1 Å². The SMILES string of the molecule is C=[N+](C(=O)[C@@H]1[C@@H]2C(CN1C(=O)[C@H](C1CC1)[N+](=C)C(=O)C(F)(F)F)C2(C)C)[C@H](C#N)C[C@@H]1CC2(CC2)NC1=O. The Balaban J connectivity index is 1.36. The number of fused-ring (bicyclic) bond motifs is 1. The molecule has 204 valence electrons. The van der Waals surface area contributed by atoms with Gasteiger partial charge in [0.1, 0.15) is 19.5 Å². The topological polar surface area (TPSA) is 113 Å². The summed E-state index contributed by atoms with van der Waals surface area (Å²) in [4.78, 5) is 53.1. The first-order valence-electron chi connectivity index (χ1n) is 13.0. The van der Waals surface area contributed by atoms with E-state index in [0.29, 0.717) is 19.3 Å². The van der Waals surface area contributed by atoms with E-state index in [1.54, 1.807) is 0 Å². The van der Waals surface area contributed by atoms with Crippen molar-refractivity contribution < 1.29 is 41.5 Å². The molecule has 5 aliphatic rings. The number of nitrogens with one attached hydrogen (secondary N) is 1. The van der Waals surface area contributed by atoms with E-state index in [0.717, 1.165) is 17.4 Å². The van der Waals surface area contributed by atoms with Gasteiger partial charge in [-0.3, -0.25) is 9.59 Å². The zero-order valence-corrected chi connectivity index (χ0v) is 21.5. The lowest BCUT2D eigenvalue weighted by Crippen LogP contribution is -2.56. The fourth-order valence-corrected chi connectivity index (χ4v) is 6.75. The minimum absolute atomic E-state index is 0.0545. The van der Waals surface area contributed by atoms with Gasteiger partial charge >= 0.3 is 18.0 Å². The summed E-state index contributed by atoms with van der Waals surface area (Å²) in [5.74, 6) is -4.90. The number of amides is 4. The summed E-state index contributed by atoms with van der Waals surface area (Å²) in [5.41, 5.74) is -0.478. The minimum atomic E-state index is -5.19. The highest BCUT2D eigenvalue weighted by Crippen LogP contribution is 2.65. The molecule has 2 heterocycles. The Morgan fingerprint density at radius 3 is 2.34 bits per heavy atom. The lowest BCUT2D eigenvalue weighted by molar-refractivity contribution is -0.490. The van der Waals surface area contributed by atoms with Crippen molar-refractivity contribution in [1.29, 1.82) is 5.26 Å². The van der Waals surface area contributed by atoms with Crippen molar-refractivity contribution in [3.8, 4) is 6.07 Å². The third-order valence-electron chi connectivity index (χ3n) is 9.47. The van der Waals surface area contributed by atoms with E-state index in [9.17, 15) is 37.6 Å². The van der Waals surface area contributed by atoms with Gasteiger partial charge in [-0.15, -0.1) is 0 Å². The monoisotopic (exact) mass is 535 g/mol. The third-order valence-corrected chi connectivity index (χ3v) is 9.47. The van der Waals surface area contributed by atoms with E-state index >= 15 is 0 Å². The van der Waals surface area contributed by atoms with Gasteiger partial charge in [0, 0.05) is 36.3 Å². The number of hydrogen-bond acceptors (Lipinski definition) is 5. The molecule has 2 aliphatic heterocycles. The average molecular weight is 536 g/mol. The number of hydrogen-bond donors (Lipinski definition) is 1. The first-order chi connectivity index (χ1) is 17.6. The second kappa shape index (κ2) is 8.45. The number of rotatable bonds is 7. The van der Waals surface area contributed by atoms with Crippen LogP contribution in [-0.4, -0.2) is 87.5 Å². The van der Waals surface area contributed by atoms with Gasteiger partial charge in [0.2, 0.25) is 18.0 Å². The number of nitrogens with zero attached hydrogens (tertiary/aromatic N) is 4. The number of likely N-dealkylation sites (tertiary alicyclic amines) is 1. The molecule has 12 heteroatoms. The molecule has 1 N–H and O–H groups in total. The molecule has 0 radical (unpaired) electrons. The van der Waals surface area contributed by atoms with Crippen molar-refractivity contribution in [3.05, 3.63) is 0 Å². The van der Waals surface area contributed by atoms with Crippen LogP contribution in [0.15, 0.2) is 0 Å². The summed E-state index contributed by atoms with van der Waals surface area (Å²) in [5, 5.41) is 12.8. The van der Waals surface area contributed by atoms with Crippen LogP contribution in [-0.2, 0) is 19.2 Å². The quantitative estimate of drug-likeness (QED) is 0.389. The van der Waals surface area contributed by atoms with Gasteiger partial charge in [-0.2, -0.15) is 27.6 Å². The van der Waals surface area contributed by atoms with Gasteiger partial charge in [0.15, 0.2) is 6.04 Å². The molecule has 3 saturated carbocycles. The highest BCUT2D eigenvalue weighted by atomic mass is 19.4. The lowest BCUT2D eigenvalue weighted by atomic mass is 9.94. The van der Waals surface area contributed by atoms with Crippen molar-refractivity contribution in [2.75, 3.05) is 6.54 Å². The molecular weight excluding hydrogens is 503 g/mol. The predicted molar refractivity (Wildman–Crippen MR) is 126 cm³/mol. The van der Waals surface area contributed by atoms with Crippen LogP contribution in [0.4, 0.5) is 13.2 Å². The molecule has 4 amide bonds. The Morgan fingerprint density at radius 2 is 1.84 bits per heavy atom. The molecule has 0 aromatic rings. The standard InChI is InChI=1S/C26H31F3N5O4/c1-24(2)16-12-34(22(37)18(13-5-6-13)33(4)23(38)26(27,28)29)19(17(16)24)21(36)32(3)15(11-30)9-14-10-25(7-8-25)31-20(14)35/h13-19H,3-10,12H2,1-2H3/q+1/p+1/t14-,15+,16?,17+,18+,19+/m1/s1. The van der Waals surface area contributed by atoms with Crippen LogP contribution in [0.3, 0.4) is 0 Å². The van der Waals surface area contributed by atoms with Crippen molar-refractivity contribution in [1.82, 2.24) is 10.2 Å². The molecule has 0 aromatic heterocycles. The predicted octanol–water partition coefficient (Wildman–Crippen LogP) is 1.24. The van der Waals surface area contributed by atoms with Gasteiger partial charge in [-0.1, -0.05) is 13.8 Å². The Morgan fingerprint density at radius 1 is 1.21 bits per heavy atom. The van der Waals surface area contributed by atoms with Crippen LogP contribution in [0.1, 0.15) is 52.4 Å². The zero-order chi connectivity index (χ0) is 27.9. The van der Waals surface area contributed by atoms with Gasteiger partial charge in [0.05, 0.1) is 0 Å². The number of piperidine rings is 1. The van der Waals surface area contributed by atoms with Gasteiger partial charge < -0.3 is 10.2 Å². The Kier molecular flexibility index (Phi) is 5.89. The van der Waals surface area contributed by atoms with Crippen molar-refractivity contribution >= 4 is 37.1 Å². The molecular formula is C26H32F3N5O4+2. The minimum Gasteiger partial charge on any atom is -0.350 e.